The molecule has 1 N–H and O–H groups in total. The number of H-pyrrole nitrogens is 1. The molecular formula is C20H20N4O2S. The van der Waals surface area contributed by atoms with Gasteiger partial charge in [0.2, 0.25) is 0 Å². The number of carbonyl (C=O) groups excluding carboxylic acids is 1. The van der Waals surface area contributed by atoms with Gasteiger partial charge < -0.3 is 9.64 Å². The Morgan fingerprint density at radius 3 is 2.85 bits per heavy atom. The lowest BCUT2D eigenvalue weighted by Crippen LogP contribution is -2.48. The molecule has 1 spiro atoms. The van der Waals surface area contributed by atoms with Crippen LogP contribution in [-0.2, 0) is 16.8 Å². The summed E-state index contributed by atoms with van der Waals surface area (Å²) < 4.78 is 6.23. The number of rotatable bonds is 2. The van der Waals surface area contributed by atoms with E-state index < -0.39 is 0 Å². The fourth-order valence-corrected chi connectivity index (χ4v) is 5.06. The summed E-state index contributed by atoms with van der Waals surface area (Å²) in [5.41, 5.74) is 3.36. The van der Waals surface area contributed by atoms with Crippen LogP contribution in [0.4, 0.5) is 0 Å². The quantitative estimate of drug-likeness (QED) is 0.741. The van der Waals surface area contributed by atoms with Crippen LogP contribution < -0.4 is 0 Å². The molecule has 0 saturated carbocycles. The largest absolute Gasteiger partial charge is 0.370 e. The first-order chi connectivity index (χ1) is 13.3. The van der Waals surface area contributed by atoms with E-state index in [0.717, 1.165) is 37.1 Å². The Labute approximate surface area is 161 Å². The van der Waals surface area contributed by atoms with Crippen LogP contribution in [0.3, 0.4) is 0 Å². The molecule has 7 heteroatoms. The van der Waals surface area contributed by atoms with E-state index in [-0.39, 0.29) is 11.5 Å². The van der Waals surface area contributed by atoms with Crippen molar-refractivity contribution in [3.05, 3.63) is 58.2 Å². The number of likely N-dealkylation sites (tertiary alicyclic amines) is 1. The van der Waals surface area contributed by atoms with E-state index in [4.69, 9.17) is 4.74 Å². The topological polar surface area (TPSA) is 71.1 Å². The standard InChI is InChI=1S/C20H20N4O2S/c25-19(17-13-16(22-23-17)14-1-7-21-8-2-14)24-9-5-20(6-10-24)15-4-12-27-18(15)3-11-26-20/h1-2,4,7-8,12-13H,3,5-6,9-11H2,(H,22,23). The molecule has 1 fully saturated rings. The first-order valence-corrected chi connectivity index (χ1v) is 10.1. The summed E-state index contributed by atoms with van der Waals surface area (Å²) in [6.07, 6.45) is 6.13. The van der Waals surface area contributed by atoms with Crippen molar-refractivity contribution in [3.63, 3.8) is 0 Å². The van der Waals surface area contributed by atoms with Crippen molar-refractivity contribution in [3.8, 4) is 11.3 Å². The number of thiophene rings is 1. The second-order valence-electron chi connectivity index (χ2n) is 7.05. The molecule has 5 heterocycles. The van der Waals surface area contributed by atoms with E-state index >= 15 is 0 Å². The van der Waals surface area contributed by atoms with Crippen LogP contribution in [0.2, 0.25) is 0 Å². The molecule has 1 amide bonds. The third kappa shape index (κ3) is 2.87. The Bertz CT molecular complexity index is 957. The second-order valence-corrected chi connectivity index (χ2v) is 8.05. The lowest BCUT2D eigenvalue weighted by Gasteiger charge is -2.44. The minimum atomic E-state index is -0.208. The fourth-order valence-electron chi connectivity index (χ4n) is 4.11. The van der Waals surface area contributed by atoms with Crippen LogP contribution in [0.5, 0.6) is 0 Å². The molecule has 3 aromatic heterocycles. The summed E-state index contributed by atoms with van der Waals surface area (Å²) >= 11 is 1.82. The number of nitrogens with zero attached hydrogens (tertiary/aromatic N) is 3. The lowest BCUT2D eigenvalue weighted by molar-refractivity contribution is -0.0926. The number of carbonyl (C=O) groups is 1. The number of aromatic nitrogens is 3. The van der Waals surface area contributed by atoms with Gasteiger partial charge in [0, 0.05) is 42.3 Å². The number of amides is 1. The molecule has 5 rings (SSSR count). The van der Waals surface area contributed by atoms with Gasteiger partial charge in [-0.15, -0.1) is 11.3 Å². The Morgan fingerprint density at radius 1 is 1.22 bits per heavy atom. The maximum absolute atomic E-state index is 12.9. The van der Waals surface area contributed by atoms with Gasteiger partial charge in [-0.25, -0.2) is 0 Å². The van der Waals surface area contributed by atoms with E-state index in [1.807, 2.05) is 34.4 Å². The van der Waals surface area contributed by atoms with Gasteiger partial charge in [-0.3, -0.25) is 14.9 Å². The maximum Gasteiger partial charge on any atom is 0.271 e. The number of fused-ring (bicyclic) bond motifs is 2. The van der Waals surface area contributed by atoms with Gasteiger partial charge in [0.15, 0.2) is 0 Å². The molecule has 0 radical (unpaired) electrons. The summed E-state index contributed by atoms with van der Waals surface area (Å²) in [7, 11) is 0. The van der Waals surface area contributed by atoms with Gasteiger partial charge in [0.1, 0.15) is 5.69 Å². The Morgan fingerprint density at radius 2 is 2.04 bits per heavy atom. The van der Waals surface area contributed by atoms with Gasteiger partial charge in [-0.1, -0.05) is 0 Å². The average Bonchev–Trinajstić information content (AvgIpc) is 3.39. The van der Waals surface area contributed by atoms with E-state index in [9.17, 15) is 4.79 Å². The highest BCUT2D eigenvalue weighted by Crippen LogP contribution is 2.43. The monoisotopic (exact) mass is 380 g/mol. The van der Waals surface area contributed by atoms with Gasteiger partial charge >= 0.3 is 0 Å². The molecule has 138 valence electrons. The summed E-state index contributed by atoms with van der Waals surface area (Å²) in [5.74, 6) is -0.000919. The molecule has 6 nitrogen and oxygen atoms in total. The van der Waals surface area contributed by atoms with Crippen LogP contribution in [0.25, 0.3) is 11.3 Å². The van der Waals surface area contributed by atoms with Crippen LogP contribution >= 0.6 is 11.3 Å². The summed E-state index contributed by atoms with van der Waals surface area (Å²) in [5, 5.41) is 9.33. The molecule has 2 aliphatic heterocycles. The molecule has 0 aliphatic carbocycles. The van der Waals surface area contributed by atoms with Gasteiger partial charge in [0.05, 0.1) is 17.9 Å². The summed E-state index contributed by atoms with van der Waals surface area (Å²) in [6, 6.07) is 7.78. The molecule has 0 atom stereocenters. The minimum absolute atomic E-state index is 0.000919. The van der Waals surface area contributed by atoms with Gasteiger partial charge in [-0.05, 0) is 48.1 Å². The first-order valence-electron chi connectivity index (χ1n) is 9.21. The van der Waals surface area contributed by atoms with Crippen molar-refractivity contribution in [2.24, 2.45) is 0 Å². The predicted molar refractivity (Wildman–Crippen MR) is 103 cm³/mol. The van der Waals surface area contributed by atoms with Gasteiger partial charge in [-0.2, -0.15) is 5.10 Å². The normalized spacial score (nSPS) is 18.4. The van der Waals surface area contributed by atoms with Crippen LogP contribution in [0, 0.1) is 0 Å². The third-order valence-electron chi connectivity index (χ3n) is 5.59. The number of hydrogen-bond donors (Lipinski definition) is 1. The Hall–Kier alpha value is -2.51. The van der Waals surface area contributed by atoms with E-state index in [0.29, 0.717) is 18.8 Å². The van der Waals surface area contributed by atoms with Crippen LogP contribution in [0.1, 0.15) is 33.8 Å². The minimum Gasteiger partial charge on any atom is -0.370 e. The fraction of sp³-hybridized carbons (Fsp3) is 0.350. The molecular weight excluding hydrogens is 360 g/mol. The van der Waals surface area contributed by atoms with Crippen molar-refractivity contribution < 1.29 is 9.53 Å². The zero-order valence-corrected chi connectivity index (χ0v) is 15.7. The molecule has 0 unspecified atom stereocenters. The van der Waals surface area contributed by atoms with Crippen molar-refractivity contribution in [2.75, 3.05) is 19.7 Å². The Kier molecular flexibility index (Phi) is 4.06. The van der Waals surface area contributed by atoms with E-state index in [1.54, 1.807) is 12.4 Å². The van der Waals surface area contributed by atoms with E-state index in [2.05, 4.69) is 26.6 Å². The zero-order valence-electron chi connectivity index (χ0n) is 14.9. The molecule has 2 aliphatic rings. The summed E-state index contributed by atoms with van der Waals surface area (Å²) in [6.45, 7) is 2.16. The lowest BCUT2D eigenvalue weighted by atomic mass is 9.82. The number of aromatic amines is 1. The summed E-state index contributed by atoms with van der Waals surface area (Å²) in [4.78, 5) is 20.3. The molecule has 0 bridgehead atoms. The number of nitrogens with one attached hydrogen (secondary N) is 1. The van der Waals surface area contributed by atoms with Crippen LogP contribution in [0.15, 0.2) is 42.0 Å². The number of ether oxygens (including phenoxy) is 1. The molecule has 3 aromatic rings. The highest BCUT2D eigenvalue weighted by molar-refractivity contribution is 7.10. The highest BCUT2D eigenvalue weighted by Gasteiger charge is 2.42. The average molecular weight is 380 g/mol. The number of piperidine rings is 1. The zero-order chi connectivity index (χ0) is 18.3. The number of pyridine rings is 1. The van der Waals surface area contributed by atoms with Crippen molar-refractivity contribution in [1.82, 2.24) is 20.1 Å². The SMILES string of the molecule is O=C(c1cc(-c2ccncc2)n[nH]1)N1CCC2(CC1)OCCc1sccc12. The van der Waals surface area contributed by atoms with E-state index in [1.165, 1.54) is 10.4 Å². The number of hydrogen-bond acceptors (Lipinski definition) is 5. The Balaban J connectivity index is 1.31. The van der Waals surface area contributed by atoms with Gasteiger partial charge in [0.25, 0.3) is 5.91 Å². The van der Waals surface area contributed by atoms with Crippen molar-refractivity contribution in [1.29, 1.82) is 0 Å². The smallest absolute Gasteiger partial charge is 0.271 e. The third-order valence-corrected chi connectivity index (χ3v) is 6.57. The second kappa shape index (κ2) is 6.58. The maximum atomic E-state index is 12.9. The van der Waals surface area contributed by atoms with Crippen LogP contribution in [-0.4, -0.2) is 45.7 Å². The van der Waals surface area contributed by atoms with Crippen molar-refractivity contribution >= 4 is 17.2 Å². The highest BCUT2D eigenvalue weighted by atomic mass is 32.1. The molecule has 1 saturated heterocycles. The molecule has 0 aromatic carbocycles. The molecule has 27 heavy (non-hydrogen) atoms. The van der Waals surface area contributed by atoms with Crippen molar-refractivity contribution in [2.45, 2.75) is 24.9 Å². The predicted octanol–water partition coefficient (Wildman–Crippen LogP) is 3.24. The first kappa shape index (κ1) is 16.6.